The SMILES string of the molecule is NC(=NN=Cc1cccc2ccccc12)c1nonc1N. The molecule has 0 amide bonds. The minimum Gasteiger partial charge on any atom is -0.380 e. The average molecular weight is 280 g/mol. The minimum atomic E-state index is 0.0465. The smallest absolute Gasteiger partial charge is 0.199 e. The molecule has 7 nitrogen and oxygen atoms in total. The van der Waals surface area contributed by atoms with Crippen LogP contribution in [0.4, 0.5) is 5.82 Å². The van der Waals surface area contributed by atoms with E-state index in [1.165, 1.54) is 0 Å². The normalized spacial score (nSPS) is 12.3. The number of hydrogen-bond donors (Lipinski definition) is 2. The van der Waals surface area contributed by atoms with Crippen molar-refractivity contribution in [2.45, 2.75) is 0 Å². The van der Waals surface area contributed by atoms with Crippen LogP contribution in [-0.4, -0.2) is 22.4 Å². The van der Waals surface area contributed by atoms with E-state index in [-0.39, 0.29) is 17.3 Å². The number of nitrogens with two attached hydrogens (primary N) is 2. The zero-order valence-corrected chi connectivity index (χ0v) is 11.0. The summed E-state index contributed by atoms with van der Waals surface area (Å²) >= 11 is 0. The number of rotatable bonds is 3. The first-order valence-corrected chi connectivity index (χ1v) is 6.18. The number of nitrogen functional groups attached to an aromatic ring is 1. The summed E-state index contributed by atoms with van der Waals surface area (Å²) in [4.78, 5) is 0. The zero-order valence-electron chi connectivity index (χ0n) is 11.0. The van der Waals surface area contributed by atoms with Crippen LogP contribution in [0.2, 0.25) is 0 Å². The summed E-state index contributed by atoms with van der Waals surface area (Å²) in [7, 11) is 0. The Morgan fingerprint density at radius 2 is 1.90 bits per heavy atom. The minimum absolute atomic E-state index is 0.0465. The van der Waals surface area contributed by atoms with Crippen LogP contribution in [0, 0.1) is 0 Å². The maximum Gasteiger partial charge on any atom is 0.199 e. The summed E-state index contributed by atoms with van der Waals surface area (Å²) in [6, 6.07) is 13.9. The van der Waals surface area contributed by atoms with Crippen molar-refractivity contribution in [1.82, 2.24) is 10.3 Å². The molecule has 0 aliphatic carbocycles. The van der Waals surface area contributed by atoms with Gasteiger partial charge < -0.3 is 11.5 Å². The quantitative estimate of drug-likeness (QED) is 0.429. The van der Waals surface area contributed by atoms with Gasteiger partial charge in [0.1, 0.15) is 0 Å². The standard InChI is InChI=1S/C14H12N6O/c15-13(12-14(16)20-21-19-12)18-17-8-10-6-3-5-9-4-1-2-7-11(9)10/h1-8H,(H2,15,18)(H2,16,20). The third-order valence-corrected chi connectivity index (χ3v) is 2.94. The number of benzene rings is 2. The van der Waals surface area contributed by atoms with Gasteiger partial charge in [0.15, 0.2) is 17.3 Å². The summed E-state index contributed by atoms with van der Waals surface area (Å²) in [6.45, 7) is 0. The summed E-state index contributed by atoms with van der Waals surface area (Å²) in [5.41, 5.74) is 12.4. The molecule has 0 saturated heterocycles. The maximum absolute atomic E-state index is 5.71. The summed E-state index contributed by atoms with van der Waals surface area (Å²) in [5.74, 6) is 0.127. The highest BCUT2D eigenvalue weighted by Gasteiger charge is 2.09. The zero-order chi connectivity index (χ0) is 14.7. The third kappa shape index (κ3) is 2.57. The van der Waals surface area contributed by atoms with Gasteiger partial charge in [-0.1, -0.05) is 42.5 Å². The van der Waals surface area contributed by atoms with Gasteiger partial charge in [-0.2, -0.15) is 5.10 Å². The van der Waals surface area contributed by atoms with Crippen molar-refractivity contribution in [1.29, 1.82) is 0 Å². The van der Waals surface area contributed by atoms with Crippen LogP contribution < -0.4 is 11.5 Å². The molecule has 21 heavy (non-hydrogen) atoms. The van der Waals surface area contributed by atoms with E-state index in [0.717, 1.165) is 16.3 Å². The van der Waals surface area contributed by atoms with Crippen LogP contribution in [0.15, 0.2) is 57.3 Å². The molecular formula is C14H12N6O. The second kappa shape index (κ2) is 5.41. The largest absolute Gasteiger partial charge is 0.380 e. The van der Waals surface area contributed by atoms with Gasteiger partial charge in [0.25, 0.3) is 0 Å². The number of hydrogen-bond acceptors (Lipinski definition) is 6. The Bertz CT molecular complexity index is 831. The van der Waals surface area contributed by atoms with Crippen LogP contribution in [0.3, 0.4) is 0 Å². The van der Waals surface area contributed by atoms with E-state index in [9.17, 15) is 0 Å². The average Bonchev–Trinajstić information content (AvgIpc) is 2.93. The lowest BCUT2D eigenvalue weighted by Crippen LogP contribution is -2.15. The lowest BCUT2D eigenvalue weighted by molar-refractivity contribution is 0.308. The van der Waals surface area contributed by atoms with Crippen molar-refractivity contribution in [2.24, 2.45) is 15.9 Å². The Hall–Kier alpha value is -3.22. The van der Waals surface area contributed by atoms with Crippen molar-refractivity contribution < 1.29 is 4.63 Å². The fourth-order valence-electron chi connectivity index (χ4n) is 1.94. The lowest BCUT2D eigenvalue weighted by Gasteiger charge is -2.00. The highest BCUT2D eigenvalue weighted by atomic mass is 16.6. The number of aromatic nitrogens is 2. The molecule has 0 bridgehead atoms. The second-order valence-corrected chi connectivity index (χ2v) is 4.30. The lowest BCUT2D eigenvalue weighted by atomic mass is 10.1. The molecule has 1 aromatic heterocycles. The molecule has 0 radical (unpaired) electrons. The summed E-state index contributed by atoms with van der Waals surface area (Å²) < 4.78 is 4.45. The summed E-state index contributed by atoms with van der Waals surface area (Å²) in [6.07, 6.45) is 1.62. The van der Waals surface area contributed by atoms with E-state index >= 15 is 0 Å². The van der Waals surface area contributed by atoms with Crippen molar-refractivity contribution in [3.8, 4) is 0 Å². The number of nitrogens with zero attached hydrogens (tertiary/aromatic N) is 4. The van der Waals surface area contributed by atoms with Gasteiger partial charge in [-0.25, -0.2) is 4.63 Å². The van der Waals surface area contributed by atoms with Crippen molar-refractivity contribution in [2.75, 3.05) is 5.73 Å². The predicted octanol–water partition coefficient (Wildman–Crippen LogP) is 1.54. The molecule has 4 N–H and O–H groups in total. The molecule has 0 atom stereocenters. The van der Waals surface area contributed by atoms with Crippen molar-refractivity contribution in [3.05, 3.63) is 53.7 Å². The van der Waals surface area contributed by atoms with Gasteiger partial charge >= 0.3 is 0 Å². The molecule has 0 saturated carbocycles. The molecule has 2 aromatic carbocycles. The Morgan fingerprint density at radius 1 is 1.10 bits per heavy atom. The van der Waals surface area contributed by atoms with E-state index in [1.54, 1.807) is 6.21 Å². The highest BCUT2D eigenvalue weighted by Crippen LogP contribution is 2.16. The monoisotopic (exact) mass is 280 g/mol. The number of anilines is 1. The van der Waals surface area contributed by atoms with Crippen LogP contribution in [-0.2, 0) is 0 Å². The Kier molecular flexibility index (Phi) is 3.30. The molecule has 3 aromatic rings. The van der Waals surface area contributed by atoms with Crippen LogP contribution in [0.5, 0.6) is 0 Å². The Balaban J connectivity index is 1.90. The van der Waals surface area contributed by atoms with Gasteiger partial charge in [-0.15, -0.1) is 5.10 Å². The van der Waals surface area contributed by atoms with Gasteiger partial charge in [-0.05, 0) is 21.1 Å². The first-order valence-electron chi connectivity index (χ1n) is 6.18. The maximum atomic E-state index is 5.71. The topological polar surface area (TPSA) is 116 Å². The molecule has 1 heterocycles. The second-order valence-electron chi connectivity index (χ2n) is 4.30. The van der Waals surface area contributed by atoms with E-state index in [0.29, 0.717) is 0 Å². The van der Waals surface area contributed by atoms with E-state index in [2.05, 4.69) is 25.1 Å². The Morgan fingerprint density at radius 3 is 2.71 bits per heavy atom. The van der Waals surface area contributed by atoms with Crippen molar-refractivity contribution in [3.63, 3.8) is 0 Å². The van der Waals surface area contributed by atoms with Crippen LogP contribution in [0.1, 0.15) is 11.3 Å². The molecular weight excluding hydrogens is 268 g/mol. The van der Waals surface area contributed by atoms with E-state index in [4.69, 9.17) is 11.5 Å². The van der Waals surface area contributed by atoms with Gasteiger partial charge in [0.2, 0.25) is 0 Å². The molecule has 0 aliphatic rings. The summed E-state index contributed by atoms with van der Waals surface area (Å²) in [5, 5.41) is 17.0. The third-order valence-electron chi connectivity index (χ3n) is 2.94. The Labute approximate surface area is 119 Å². The van der Waals surface area contributed by atoms with Gasteiger partial charge in [0, 0.05) is 5.56 Å². The first-order chi connectivity index (χ1) is 10.3. The number of fused-ring (bicyclic) bond motifs is 1. The molecule has 3 rings (SSSR count). The van der Waals surface area contributed by atoms with E-state index < -0.39 is 0 Å². The molecule has 0 aliphatic heterocycles. The van der Waals surface area contributed by atoms with Crippen molar-refractivity contribution >= 4 is 28.6 Å². The molecule has 0 spiro atoms. The van der Waals surface area contributed by atoms with E-state index in [1.807, 2.05) is 42.5 Å². The molecule has 104 valence electrons. The highest BCUT2D eigenvalue weighted by molar-refractivity contribution is 6.01. The molecule has 7 heteroatoms. The molecule has 0 fully saturated rings. The number of amidine groups is 1. The fraction of sp³-hybridized carbons (Fsp3) is 0. The first kappa shape index (κ1) is 12.8. The van der Waals surface area contributed by atoms with Gasteiger partial charge in [-0.3, -0.25) is 0 Å². The molecule has 0 unspecified atom stereocenters. The van der Waals surface area contributed by atoms with Crippen LogP contribution in [0.25, 0.3) is 10.8 Å². The predicted molar refractivity (Wildman–Crippen MR) is 81.0 cm³/mol. The van der Waals surface area contributed by atoms with Gasteiger partial charge in [0.05, 0.1) is 6.21 Å². The van der Waals surface area contributed by atoms with Crippen LogP contribution >= 0.6 is 0 Å². The fourth-order valence-corrected chi connectivity index (χ4v) is 1.94.